The number of fused-ring (bicyclic) bond motifs is 8. The first kappa shape index (κ1) is 32.6. The Hall–Kier alpha value is -7.87. The summed E-state index contributed by atoms with van der Waals surface area (Å²) in [6, 6.07) is 65.5. The van der Waals surface area contributed by atoms with Crippen LogP contribution in [0.1, 0.15) is 0 Å². The number of hydrogen-bond donors (Lipinski definition) is 0. The molecular weight excluding hydrogens is 695 g/mol. The minimum atomic E-state index is 0.606. The third-order valence-electron chi connectivity index (χ3n) is 11.1. The molecule has 0 radical (unpaired) electrons. The van der Waals surface area contributed by atoms with E-state index in [2.05, 4.69) is 157 Å². The Morgan fingerprint density at radius 3 is 1.46 bits per heavy atom. The monoisotopic (exact) mass is 725 g/mol. The van der Waals surface area contributed by atoms with Crippen LogP contribution >= 0.6 is 0 Å². The Morgan fingerprint density at radius 1 is 0.351 bits per heavy atom. The van der Waals surface area contributed by atoms with Gasteiger partial charge < -0.3 is 4.42 Å². The van der Waals surface area contributed by atoms with Crippen molar-refractivity contribution >= 4 is 59.9 Å². The molecule has 0 saturated heterocycles. The Bertz CT molecular complexity index is 3340. The lowest BCUT2D eigenvalue weighted by Crippen LogP contribution is -1.97. The van der Waals surface area contributed by atoms with E-state index in [0.717, 1.165) is 82.9 Å². The molecule has 11 aromatic rings. The lowest BCUT2D eigenvalue weighted by Gasteiger charge is -2.16. The van der Waals surface area contributed by atoms with Crippen molar-refractivity contribution in [3.05, 3.63) is 199 Å². The fourth-order valence-electron chi connectivity index (χ4n) is 8.31. The maximum Gasteiger partial charge on any atom is 0.188 e. The summed E-state index contributed by atoms with van der Waals surface area (Å²) in [5, 5.41) is 8.95. The zero-order valence-corrected chi connectivity index (χ0v) is 30.6. The summed E-state index contributed by atoms with van der Waals surface area (Å²) in [5.74, 6) is 0.700. The fraction of sp³-hybridized carbons (Fsp3) is 0. The molecule has 57 heavy (non-hydrogen) atoms. The average Bonchev–Trinajstić information content (AvgIpc) is 3.66. The fourth-order valence-corrected chi connectivity index (χ4v) is 8.31. The summed E-state index contributed by atoms with van der Waals surface area (Å²) in [6.45, 7) is 7.49. The van der Waals surface area contributed by atoms with Crippen molar-refractivity contribution in [1.82, 2.24) is 9.97 Å². The molecule has 0 aliphatic carbocycles. The van der Waals surface area contributed by atoms with E-state index in [0.29, 0.717) is 11.5 Å². The van der Waals surface area contributed by atoms with Crippen LogP contribution in [0.4, 0.5) is 5.69 Å². The van der Waals surface area contributed by atoms with Crippen LogP contribution in [0.15, 0.2) is 192 Å². The quantitative estimate of drug-likeness (QED) is 0.131. The molecule has 0 unspecified atom stereocenters. The van der Waals surface area contributed by atoms with Crippen LogP contribution in [0.2, 0.25) is 0 Å². The normalized spacial score (nSPS) is 11.5. The predicted octanol–water partition coefficient (Wildman–Crippen LogP) is 14.7. The second-order valence-electron chi connectivity index (χ2n) is 14.4. The number of hydrogen-bond acceptors (Lipinski definition) is 3. The van der Waals surface area contributed by atoms with E-state index in [-0.39, 0.29) is 0 Å². The van der Waals surface area contributed by atoms with Crippen molar-refractivity contribution in [2.45, 2.75) is 0 Å². The Morgan fingerprint density at radius 2 is 0.842 bits per heavy atom. The molecule has 0 spiro atoms. The highest BCUT2D eigenvalue weighted by atomic mass is 16.3. The van der Waals surface area contributed by atoms with Gasteiger partial charge in [-0.3, -0.25) is 0 Å². The summed E-state index contributed by atoms with van der Waals surface area (Å²) in [7, 11) is 0. The van der Waals surface area contributed by atoms with Crippen molar-refractivity contribution in [1.29, 1.82) is 0 Å². The first-order valence-electron chi connectivity index (χ1n) is 19.0. The average molecular weight is 726 g/mol. The molecule has 0 saturated carbocycles. The SMILES string of the molecule is [C-]#[N+]c1ccc2oc3ccc(-c4ccc(-c5cc6c7ccccc7c(-c7nc(-c8ccccc8)cc(-c8ccccc8)n7)cc6c6ccccc56)cc4)cc3c2c1. The van der Waals surface area contributed by atoms with Crippen molar-refractivity contribution in [2.24, 2.45) is 0 Å². The molecule has 4 nitrogen and oxygen atoms in total. The van der Waals surface area contributed by atoms with Gasteiger partial charge in [0.05, 0.1) is 18.0 Å². The molecule has 4 heteroatoms. The zero-order chi connectivity index (χ0) is 37.9. The molecule has 2 heterocycles. The molecule has 9 aromatic carbocycles. The number of aromatic nitrogens is 2. The predicted molar refractivity (Wildman–Crippen MR) is 235 cm³/mol. The summed E-state index contributed by atoms with van der Waals surface area (Å²) in [6.07, 6.45) is 0. The van der Waals surface area contributed by atoms with Crippen LogP contribution in [-0.2, 0) is 0 Å². The molecule has 0 fully saturated rings. The second kappa shape index (κ2) is 13.2. The molecule has 0 aliphatic rings. The largest absolute Gasteiger partial charge is 0.456 e. The smallest absolute Gasteiger partial charge is 0.188 e. The highest BCUT2D eigenvalue weighted by Gasteiger charge is 2.18. The summed E-state index contributed by atoms with van der Waals surface area (Å²) in [5.41, 5.74) is 11.6. The Balaban J connectivity index is 1.07. The first-order chi connectivity index (χ1) is 28.2. The van der Waals surface area contributed by atoms with Gasteiger partial charge in [-0.1, -0.05) is 146 Å². The summed E-state index contributed by atoms with van der Waals surface area (Å²) in [4.78, 5) is 14.1. The molecule has 11 rings (SSSR count). The summed E-state index contributed by atoms with van der Waals surface area (Å²) < 4.78 is 6.10. The van der Waals surface area contributed by atoms with Crippen LogP contribution in [0, 0.1) is 6.57 Å². The minimum Gasteiger partial charge on any atom is -0.456 e. The van der Waals surface area contributed by atoms with Crippen molar-refractivity contribution in [3.8, 4) is 56.2 Å². The number of benzene rings is 9. The van der Waals surface area contributed by atoms with Crippen molar-refractivity contribution in [2.75, 3.05) is 0 Å². The Kier molecular flexibility index (Phi) is 7.52. The van der Waals surface area contributed by atoms with Gasteiger partial charge in [0.15, 0.2) is 11.5 Å². The van der Waals surface area contributed by atoms with Gasteiger partial charge in [-0.15, -0.1) is 0 Å². The van der Waals surface area contributed by atoms with Gasteiger partial charge >= 0.3 is 0 Å². The van der Waals surface area contributed by atoms with Crippen molar-refractivity contribution < 1.29 is 4.42 Å². The summed E-state index contributed by atoms with van der Waals surface area (Å²) >= 11 is 0. The molecule has 0 aliphatic heterocycles. The van der Waals surface area contributed by atoms with Gasteiger partial charge in [-0.25, -0.2) is 14.8 Å². The molecule has 0 N–H and O–H groups in total. The third kappa shape index (κ3) is 5.53. The van der Waals surface area contributed by atoms with E-state index in [9.17, 15) is 0 Å². The number of nitrogens with zero attached hydrogens (tertiary/aromatic N) is 3. The molecule has 0 bridgehead atoms. The van der Waals surface area contributed by atoms with Crippen LogP contribution in [-0.4, -0.2) is 9.97 Å². The maximum absolute atomic E-state index is 7.49. The van der Waals surface area contributed by atoms with Gasteiger partial charge in [-0.2, -0.15) is 0 Å². The lowest BCUT2D eigenvalue weighted by atomic mass is 9.88. The molecule has 0 amide bonds. The van der Waals surface area contributed by atoms with E-state index in [1.54, 1.807) is 6.07 Å². The minimum absolute atomic E-state index is 0.606. The third-order valence-corrected chi connectivity index (χ3v) is 11.1. The highest BCUT2D eigenvalue weighted by molar-refractivity contribution is 6.23. The van der Waals surface area contributed by atoms with Gasteiger partial charge in [-0.05, 0) is 97.0 Å². The second-order valence-corrected chi connectivity index (χ2v) is 14.4. The topological polar surface area (TPSA) is 43.3 Å². The van der Waals surface area contributed by atoms with Crippen LogP contribution in [0.5, 0.6) is 0 Å². The lowest BCUT2D eigenvalue weighted by molar-refractivity contribution is 0.669. The van der Waals surface area contributed by atoms with Crippen LogP contribution < -0.4 is 0 Å². The molecular formula is C53H31N3O. The van der Waals surface area contributed by atoms with E-state index in [1.807, 2.05) is 30.3 Å². The number of furan rings is 1. The standard InChI is InChI=1S/C53H31N3O/c1-54-38-25-27-52-47(29-38)46-28-37(24-26-51(46)57-52)33-20-22-34(23-21-33)43-30-44-41-18-10-11-19-42(41)48(31-45(44)40-17-9-8-16-39(40)43)53-55-49(35-12-4-2-5-13-35)32-50(56-53)36-14-6-3-7-15-36/h2-32H. The van der Waals surface area contributed by atoms with Gasteiger partial charge in [0.1, 0.15) is 11.2 Å². The zero-order valence-electron chi connectivity index (χ0n) is 30.6. The van der Waals surface area contributed by atoms with Crippen LogP contribution in [0.3, 0.4) is 0 Å². The first-order valence-corrected chi connectivity index (χ1v) is 19.0. The van der Waals surface area contributed by atoms with Gasteiger partial charge in [0, 0.05) is 27.5 Å². The molecule has 264 valence electrons. The van der Waals surface area contributed by atoms with Gasteiger partial charge in [0.2, 0.25) is 0 Å². The van der Waals surface area contributed by atoms with E-state index in [4.69, 9.17) is 21.0 Å². The van der Waals surface area contributed by atoms with E-state index >= 15 is 0 Å². The maximum atomic E-state index is 7.49. The highest BCUT2D eigenvalue weighted by Crippen LogP contribution is 2.42. The number of rotatable bonds is 5. The van der Waals surface area contributed by atoms with Gasteiger partial charge in [0.25, 0.3) is 0 Å². The Labute approximate surface area is 328 Å². The van der Waals surface area contributed by atoms with Crippen molar-refractivity contribution in [3.63, 3.8) is 0 Å². The molecule has 0 atom stereocenters. The van der Waals surface area contributed by atoms with Crippen LogP contribution in [0.25, 0.3) is 115 Å². The molecule has 2 aromatic heterocycles. The van der Waals surface area contributed by atoms with E-state index < -0.39 is 0 Å². The van der Waals surface area contributed by atoms with E-state index in [1.165, 1.54) is 21.7 Å².